The maximum atomic E-state index is 11.3. The zero-order valence-electron chi connectivity index (χ0n) is 12.6. The van der Waals surface area contributed by atoms with Gasteiger partial charge in [0.1, 0.15) is 4.88 Å². The van der Waals surface area contributed by atoms with E-state index >= 15 is 0 Å². The lowest BCUT2D eigenvalue weighted by molar-refractivity contribution is 0.0700. The maximum absolute atomic E-state index is 11.3. The standard InChI is InChI=1S/C15H24N2O2S/c1-4-5-11-6-8-17(9-7-11)15-16-12(10(2)3)13(20-15)14(18)19/h10-11H,4-9H2,1-3H3,(H,18,19). The molecule has 1 aliphatic rings. The molecule has 1 N–H and O–H groups in total. The fraction of sp³-hybridized carbons (Fsp3) is 0.733. The fourth-order valence-corrected chi connectivity index (χ4v) is 3.93. The molecule has 0 spiro atoms. The first-order valence-electron chi connectivity index (χ1n) is 7.51. The van der Waals surface area contributed by atoms with E-state index in [-0.39, 0.29) is 5.92 Å². The van der Waals surface area contributed by atoms with Gasteiger partial charge in [0, 0.05) is 13.1 Å². The molecule has 0 unspecified atom stereocenters. The zero-order chi connectivity index (χ0) is 14.7. The molecule has 0 aliphatic carbocycles. The van der Waals surface area contributed by atoms with Crippen LogP contribution in [0.2, 0.25) is 0 Å². The zero-order valence-corrected chi connectivity index (χ0v) is 13.4. The van der Waals surface area contributed by atoms with Crippen LogP contribution in [0.5, 0.6) is 0 Å². The number of aromatic nitrogens is 1. The Labute approximate surface area is 124 Å². The summed E-state index contributed by atoms with van der Waals surface area (Å²) in [5.41, 5.74) is 0.730. The third-order valence-corrected chi connectivity index (χ3v) is 5.09. The highest BCUT2D eigenvalue weighted by Gasteiger charge is 2.25. The summed E-state index contributed by atoms with van der Waals surface area (Å²) in [5.74, 6) is 0.141. The van der Waals surface area contributed by atoms with Gasteiger partial charge in [0.2, 0.25) is 0 Å². The molecule has 0 radical (unpaired) electrons. The summed E-state index contributed by atoms with van der Waals surface area (Å²) in [5, 5.41) is 10.2. The van der Waals surface area contributed by atoms with Crippen LogP contribution in [0.4, 0.5) is 5.13 Å². The number of hydrogen-bond acceptors (Lipinski definition) is 4. The molecule has 0 aromatic carbocycles. The Balaban J connectivity index is 2.10. The van der Waals surface area contributed by atoms with Gasteiger partial charge >= 0.3 is 5.97 Å². The third kappa shape index (κ3) is 3.32. The first kappa shape index (κ1) is 15.3. The van der Waals surface area contributed by atoms with Gasteiger partial charge in [0.25, 0.3) is 0 Å². The van der Waals surface area contributed by atoms with Crippen molar-refractivity contribution < 1.29 is 9.90 Å². The highest BCUT2D eigenvalue weighted by Crippen LogP contribution is 2.33. The highest BCUT2D eigenvalue weighted by atomic mass is 32.1. The van der Waals surface area contributed by atoms with Crippen molar-refractivity contribution in [1.29, 1.82) is 0 Å². The van der Waals surface area contributed by atoms with E-state index in [4.69, 9.17) is 0 Å². The first-order chi connectivity index (χ1) is 9.52. The number of nitrogens with zero attached hydrogens (tertiary/aromatic N) is 2. The smallest absolute Gasteiger partial charge is 0.347 e. The number of hydrogen-bond donors (Lipinski definition) is 1. The van der Waals surface area contributed by atoms with Crippen LogP contribution in [-0.2, 0) is 0 Å². The molecule has 20 heavy (non-hydrogen) atoms. The lowest BCUT2D eigenvalue weighted by Gasteiger charge is -2.31. The summed E-state index contributed by atoms with van der Waals surface area (Å²) in [4.78, 5) is 18.6. The molecular formula is C15H24N2O2S. The third-order valence-electron chi connectivity index (χ3n) is 3.97. The van der Waals surface area contributed by atoms with Crippen molar-refractivity contribution in [3.8, 4) is 0 Å². The Hall–Kier alpha value is -1.10. The van der Waals surface area contributed by atoms with Crippen molar-refractivity contribution in [2.24, 2.45) is 5.92 Å². The second-order valence-corrected chi connectivity index (χ2v) is 6.87. The molecule has 1 aromatic rings. The van der Waals surface area contributed by atoms with Crippen molar-refractivity contribution >= 4 is 22.4 Å². The average Bonchev–Trinajstić information content (AvgIpc) is 2.85. The summed E-state index contributed by atoms with van der Waals surface area (Å²) < 4.78 is 0. The predicted molar refractivity (Wildman–Crippen MR) is 83.0 cm³/mol. The van der Waals surface area contributed by atoms with Gasteiger partial charge in [0.15, 0.2) is 5.13 Å². The van der Waals surface area contributed by atoms with Gasteiger partial charge in [-0.15, -0.1) is 0 Å². The lowest BCUT2D eigenvalue weighted by Crippen LogP contribution is -2.33. The molecule has 1 aromatic heterocycles. The molecule has 4 nitrogen and oxygen atoms in total. The monoisotopic (exact) mass is 296 g/mol. The Morgan fingerprint density at radius 1 is 1.45 bits per heavy atom. The minimum atomic E-state index is -0.849. The van der Waals surface area contributed by atoms with Crippen molar-refractivity contribution in [3.05, 3.63) is 10.6 Å². The summed E-state index contributed by atoms with van der Waals surface area (Å²) in [6, 6.07) is 0. The van der Waals surface area contributed by atoms with Gasteiger partial charge in [0.05, 0.1) is 5.69 Å². The highest BCUT2D eigenvalue weighted by molar-refractivity contribution is 7.17. The van der Waals surface area contributed by atoms with Crippen LogP contribution >= 0.6 is 11.3 Å². The molecule has 0 bridgehead atoms. The SMILES string of the molecule is CCCC1CCN(c2nc(C(C)C)c(C(=O)O)s2)CC1. The first-order valence-corrected chi connectivity index (χ1v) is 8.33. The van der Waals surface area contributed by atoms with Crippen LogP contribution in [0.25, 0.3) is 0 Å². The quantitative estimate of drug-likeness (QED) is 0.893. The van der Waals surface area contributed by atoms with E-state index in [1.165, 1.54) is 37.0 Å². The van der Waals surface area contributed by atoms with Gasteiger partial charge in [-0.1, -0.05) is 44.9 Å². The number of piperidine rings is 1. The predicted octanol–water partition coefficient (Wildman–Crippen LogP) is 3.98. The molecule has 5 heteroatoms. The van der Waals surface area contributed by atoms with E-state index in [1.54, 1.807) is 0 Å². The van der Waals surface area contributed by atoms with Gasteiger partial charge in [-0.2, -0.15) is 0 Å². The summed E-state index contributed by atoms with van der Waals surface area (Å²) in [6.45, 7) is 8.25. The second kappa shape index (κ2) is 6.57. The van der Waals surface area contributed by atoms with Crippen LogP contribution in [0.3, 0.4) is 0 Å². The lowest BCUT2D eigenvalue weighted by atomic mass is 9.93. The largest absolute Gasteiger partial charge is 0.477 e. The number of anilines is 1. The van der Waals surface area contributed by atoms with Crippen LogP contribution in [0, 0.1) is 5.92 Å². The topological polar surface area (TPSA) is 53.4 Å². The number of aromatic carboxylic acids is 1. The fourth-order valence-electron chi connectivity index (χ4n) is 2.82. The molecule has 2 heterocycles. The number of carboxylic acids is 1. The van der Waals surface area contributed by atoms with Gasteiger partial charge in [-0.25, -0.2) is 9.78 Å². The molecule has 2 rings (SSSR count). The Kier molecular flexibility index (Phi) is 5.02. The minimum Gasteiger partial charge on any atom is -0.477 e. The van der Waals surface area contributed by atoms with Crippen LogP contribution in [0.15, 0.2) is 0 Å². The Bertz CT molecular complexity index is 462. The van der Waals surface area contributed by atoms with Crippen LogP contribution in [-0.4, -0.2) is 29.1 Å². The molecule has 1 saturated heterocycles. The molecular weight excluding hydrogens is 272 g/mol. The molecule has 0 atom stereocenters. The summed E-state index contributed by atoms with van der Waals surface area (Å²) in [7, 11) is 0. The van der Waals surface area contributed by atoms with E-state index in [1.807, 2.05) is 13.8 Å². The normalized spacial score (nSPS) is 16.9. The van der Waals surface area contributed by atoms with E-state index in [0.29, 0.717) is 4.88 Å². The van der Waals surface area contributed by atoms with Crippen LogP contribution in [0.1, 0.15) is 67.7 Å². The molecule has 0 saturated carbocycles. The second-order valence-electron chi connectivity index (χ2n) is 5.89. The van der Waals surface area contributed by atoms with Crippen molar-refractivity contribution in [3.63, 3.8) is 0 Å². The number of rotatable bonds is 5. The van der Waals surface area contributed by atoms with Crippen LogP contribution < -0.4 is 4.90 Å². The van der Waals surface area contributed by atoms with Gasteiger partial charge < -0.3 is 10.0 Å². The van der Waals surface area contributed by atoms with Gasteiger partial charge in [-0.3, -0.25) is 0 Å². The van der Waals surface area contributed by atoms with Crippen molar-refractivity contribution in [2.45, 2.75) is 52.4 Å². The molecule has 1 aliphatic heterocycles. The molecule has 1 fully saturated rings. The van der Waals surface area contributed by atoms with E-state index < -0.39 is 5.97 Å². The minimum absolute atomic E-state index is 0.156. The molecule has 112 valence electrons. The molecule has 0 amide bonds. The van der Waals surface area contributed by atoms with Crippen molar-refractivity contribution in [2.75, 3.05) is 18.0 Å². The Morgan fingerprint density at radius 3 is 2.55 bits per heavy atom. The number of thiazole rings is 1. The van der Waals surface area contributed by atoms with Crippen molar-refractivity contribution in [1.82, 2.24) is 4.98 Å². The van der Waals surface area contributed by atoms with Gasteiger partial charge in [-0.05, 0) is 24.7 Å². The summed E-state index contributed by atoms with van der Waals surface area (Å²) >= 11 is 1.33. The van der Waals surface area contributed by atoms with E-state index in [9.17, 15) is 9.90 Å². The number of carboxylic acid groups (broad SMARTS) is 1. The van der Waals surface area contributed by atoms with E-state index in [0.717, 1.165) is 29.8 Å². The maximum Gasteiger partial charge on any atom is 0.347 e. The Morgan fingerprint density at radius 2 is 2.10 bits per heavy atom. The average molecular weight is 296 g/mol. The van der Waals surface area contributed by atoms with E-state index in [2.05, 4.69) is 16.8 Å². The summed E-state index contributed by atoms with van der Waals surface area (Å²) in [6.07, 6.45) is 4.96. The number of carbonyl (C=O) groups is 1.